The molecule has 116 valence electrons. The summed E-state index contributed by atoms with van der Waals surface area (Å²) >= 11 is 1.22. The second-order valence-electron chi connectivity index (χ2n) is 5.34. The lowest BCUT2D eigenvalue weighted by atomic mass is 9.96. The fraction of sp³-hybridized carbons (Fsp3) is 0.286. The maximum absolute atomic E-state index is 12.3. The molecule has 2 aromatic rings. The summed E-state index contributed by atoms with van der Waals surface area (Å²) < 4.78 is 30.9. The number of nitrogens with zero attached hydrogens (tertiary/aromatic N) is 1. The van der Waals surface area contributed by atoms with Gasteiger partial charge in [0.15, 0.2) is 5.82 Å². The van der Waals surface area contributed by atoms with Crippen LogP contribution >= 0.6 is 11.5 Å². The Hall–Kier alpha value is -1.93. The predicted molar refractivity (Wildman–Crippen MR) is 82.6 cm³/mol. The molecule has 6 nitrogen and oxygen atoms in total. The minimum Gasteiger partial charge on any atom is -0.481 e. The molecule has 0 aliphatic heterocycles. The van der Waals surface area contributed by atoms with Gasteiger partial charge in [0.25, 0.3) is 10.0 Å². The highest BCUT2D eigenvalue weighted by Gasteiger charge is 2.51. The number of carboxylic acid groups (broad SMARTS) is 1. The normalized spacial score (nSPS) is 16.2. The second-order valence-corrected chi connectivity index (χ2v) is 8.03. The molecule has 0 radical (unpaired) electrons. The molecule has 2 N–H and O–H groups in total. The topological polar surface area (TPSA) is 96.4 Å². The van der Waals surface area contributed by atoms with Gasteiger partial charge in [0.2, 0.25) is 0 Å². The standard InChI is InChI=1S/C14H14N2O4S2/c1-9-8-12(15-21-9)16-22(19,20)11-4-2-10(3-5-11)14(6-7-14)13(17)18/h2-5,8H,6-7H2,1H3,(H,15,16)(H,17,18). The zero-order chi connectivity index (χ0) is 16.0. The van der Waals surface area contributed by atoms with Crippen molar-refractivity contribution in [1.29, 1.82) is 0 Å². The number of benzene rings is 1. The largest absolute Gasteiger partial charge is 0.481 e. The Kier molecular flexibility index (Phi) is 3.45. The molecule has 1 aliphatic rings. The highest BCUT2D eigenvalue weighted by Crippen LogP contribution is 2.48. The smallest absolute Gasteiger partial charge is 0.314 e. The number of nitrogens with one attached hydrogen (secondary N) is 1. The van der Waals surface area contributed by atoms with Crippen molar-refractivity contribution in [3.63, 3.8) is 0 Å². The van der Waals surface area contributed by atoms with Crippen molar-refractivity contribution >= 4 is 33.3 Å². The Morgan fingerprint density at radius 1 is 1.32 bits per heavy atom. The molecule has 3 rings (SSSR count). The Bertz CT molecular complexity index is 821. The number of aromatic nitrogens is 1. The first-order valence-electron chi connectivity index (χ1n) is 6.64. The minimum absolute atomic E-state index is 0.0862. The van der Waals surface area contributed by atoms with Crippen molar-refractivity contribution in [2.24, 2.45) is 0 Å². The average Bonchev–Trinajstić information content (AvgIpc) is 3.18. The molecule has 0 amide bonds. The van der Waals surface area contributed by atoms with Gasteiger partial charge in [-0.05, 0) is 55.1 Å². The Balaban J connectivity index is 1.84. The van der Waals surface area contributed by atoms with Crippen molar-refractivity contribution in [1.82, 2.24) is 4.37 Å². The summed E-state index contributed by atoms with van der Waals surface area (Å²) in [5.41, 5.74) is -0.190. The number of carbonyl (C=O) groups is 1. The van der Waals surface area contributed by atoms with Gasteiger partial charge in [0, 0.05) is 4.88 Å². The third-order valence-corrected chi connectivity index (χ3v) is 5.81. The van der Waals surface area contributed by atoms with Crippen LogP contribution in [0.25, 0.3) is 0 Å². The van der Waals surface area contributed by atoms with E-state index in [4.69, 9.17) is 0 Å². The van der Waals surface area contributed by atoms with Crippen LogP contribution in [0, 0.1) is 6.92 Å². The van der Waals surface area contributed by atoms with Crippen molar-refractivity contribution in [2.75, 3.05) is 4.72 Å². The first-order chi connectivity index (χ1) is 10.3. The van der Waals surface area contributed by atoms with E-state index in [-0.39, 0.29) is 10.7 Å². The van der Waals surface area contributed by atoms with E-state index in [1.165, 1.54) is 23.7 Å². The number of rotatable bonds is 5. The predicted octanol–water partition coefficient (Wildman–Crippen LogP) is 2.37. The molecule has 0 spiro atoms. The summed E-state index contributed by atoms with van der Waals surface area (Å²) in [6.45, 7) is 1.84. The molecule has 0 saturated heterocycles. The van der Waals surface area contributed by atoms with Gasteiger partial charge in [0.1, 0.15) is 0 Å². The Morgan fingerprint density at radius 2 is 1.95 bits per heavy atom. The first-order valence-corrected chi connectivity index (χ1v) is 8.89. The quantitative estimate of drug-likeness (QED) is 0.872. The SMILES string of the molecule is Cc1cc(NS(=O)(=O)c2ccc(C3(C(=O)O)CC3)cc2)ns1. The molecule has 22 heavy (non-hydrogen) atoms. The molecule has 0 unspecified atom stereocenters. The van der Waals surface area contributed by atoms with Crippen LogP contribution in [0.1, 0.15) is 23.3 Å². The summed E-state index contributed by atoms with van der Waals surface area (Å²) in [6.07, 6.45) is 1.18. The molecule has 1 fully saturated rings. The highest BCUT2D eigenvalue weighted by molar-refractivity contribution is 7.92. The van der Waals surface area contributed by atoms with Crippen LogP contribution in [-0.2, 0) is 20.2 Å². The third kappa shape index (κ3) is 2.59. The summed E-state index contributed by atoms with van der Waals surface area (Å²) in [5.74, 6) is -0.574. The third-order valence-electron chi connectivity index (χ3n) is 3.74. The summed E-state index contributed by atoms with van der Waals surface area (Å²) in [4.78, 5) is 12.3. The molecule has 0 atom stereocenters. The van der Waals surface area contributed by atoms with Crippen molar-refractivity contribution in [2.45, 2.75) is 30.1 Å². The van der Waals surface area contributed by atoms with Crippen molar-refractivity contribution in [3.05, 3.63) is 40.8 Å². The van der Waals surface area contributed by atoms with Gasteiger partial charge in [-0.25, -0.2) is 8.42 Å². The van der Waals surface area contributed by atoms with E-state index >= 15 is 0 Å². The van der Waals surface area contributed by atoms with E-state index in [0.717, 1.165) is 4.88 Å². The minimum atomic E-state index is -3.72. The van der Waals surface area contributed by atoms with Crippen molar-refractivity contribution < 1.29 is 18.3 Å². The Labute approximate surface area is 132 Å². The highest BCUT2D eigenvalue weighted by atomic mass is 32.2. The summed E-state index contributed by atoms with van der Waals surface area (Å²) in [7, 11) is -3.72. The second kappa shape index (κ2) is 5.06. The van der Waals surface area contributed by atoms with E-state index in [0.29, 0.717) is 18.4 Å². The molecule has 8 heteroatoms. The van der Waals surface area contributed by atoms with E-state index in [9.17, 15) is 18.3 Å². The number of anilines is 1. The fourth-order valence-electron chi connectivity index (χ4n) is 2.32. The summed E-state index contributed by atoms with van der Waals surface area (Å²) in [6, 6.07) is 7.66. The monoisotopic (exact) mass is 338 g/mol. The van der Waals surface area contributed by atoms with E-state index in [1.807, 2.05) is 6.92 Å². The van der Waals surface area contributed by atoms with Crippen LogP contribution in [0.2, 0.25) is 0 Å². The van der Waals surface area contributed by atoms with E-state index in [2.05, 4.69) is 9.10 Å². The van der Waals surface area contributed by atoms with Gasteiger partial charge >= 0.3 is 5.97 Å². The first kappa shape index (κ1) is 15.0. The average molecular weight is 338 g/mol. The lowest BCUT2D eigenvalue weighted by Crippen LogP contribution is -2.19. The lowest BCUT2D eigenvalue weighted by Gasteiger charge is -2.11. The van der Waals surface area contributed by atoms with Crippen LogP contribution in [0.15, 0.2) is 35.2 Å². The lowest BCUT2D eigenvalue weighted by molar-refractivity contribution is -0.140. The molecule has 0 bridgehead atoms. The molecular formula is C14H14N2O4S2. The van der Waals surface area contributed by atoms with E-state index in [1.54, 1.807) is 18.2 Å². The maximum Gasteiger partial charge on any atom is 0.314 e. The molecule has 1 aromatic heterocycles. The molecular weight excluding hydrogens is 324 g/mol. The summed E-state index contributed by atoms with van der Waals surface area (Å²) in [5, 5.41) is 9.25. The van der Waals surface area contributed by atoms with Crippen LogP contribution < -0.4 is 4.72 Å². The van der Waals surface area contributed by atoms with Crippen LogP contribution in [-0.4, -0.2) is 23.9 Å². The number of carboxylic acids is 1. The van der Waals surface area contributed by atoms with Gasteiger partial charge in [0.05, 0.1) is 10.3 Å². The number of hydrogen-bond acceptors (Lipinski definition) is 5. The van der Waals surface area contributed by atoms with Gasteiger partial charge in [-0.15, -0.1) is 0 Å². The van der Waals surface area contributed by atoms with Crippen LogP contribution in [0.5, 0.6) is 0 Å². The number of hydrogen-bond donors (Lipinski definition) is 2. The van der Waals surface area contributed by atoms with Crippen LogP contribution in [0.4, 0.5) is 5.82 Å². The number of sulfonamides is 1. The molecule has 1 aliphatic carbocycles. The molecule has 1 aromatic carbocycles. The maximum atomic E-state index is 12.3. The van der Waals surface area contributed by atoms with Gasteiger partial charge < -0.3 is 5.11 Å². The number of aliphatic carboxylic acids is 1. The zero-order valence-corrected chi connectivity index (χ0v) is 13.4. The van der Waals surface area contributed by atoms with Crippen molar-refractivity contribution in [3.8, 4) is 0 Å². The van der Waals surface area contributed by atoms with Gasteiger partial charge in [-0.1, -0.05) is 12.1 Å². The zero-order valence-electron chi connectivity index (χ0n) is 11.7. The fourth-order valence-corrected chi connectivity index (χ4v) is 3.87. The van der Waals surface area contributed by atoms with Crippen LogP contribution in [0.3, 0.4) is 0 Å². The Morgan fingerprint density at radius 3 is 2.41 bits per heavy atom. The molecule has 1 saturated carbocycles. The number of aryl methyl sites for hydroxylation is 1. The molecule has 1 heterocycles. The van der Waals surface area contributed by atoms with E-state index < -0.39 is 21.4 Å². The van der Waals surface area contributed by atoms with Gasteiger partial charge in [-0.3, -0.25) is 9.52 Å². The van der Waals surface area contributed by atoms with Gasteiger partial charge in [-0.2, -0.15) is 4.37 Å².